The Hall–Kier alpha value is -2.32. The van der Waals surface area contributed by atoms with Gasteiger partial charge in [-0.2, -0.15) is 0 Å². The molecule has 0 fully saturated rings. The van der Waals surface area contributed by atoms with Crippen molar-refractivity contribution in [1.29, 1.82) is 0 Å². The summed E-state index contributed by atoms with van der Waals surface area (Å²) in [6.07, 6.45) is 2.64. The number of thioether (sulfide) groups is 1. The lowest BCUT2D eigenvalue weighted by molar-refractivity contribution is 0.112. The SMILES string of the molecule is CCNc1nc(SC)nc(C#Cc2ccccc2)c1C=O. The van der Waals surface area contributed by atoms with Crippen molar-refractivity contribution in [3.05, 3.63) is 47.2 Å². The first-order chi connectivity index (χ1) is 10.3. The van der Waals surface area contributed by atoms with Gasteiger partial charge in [0.05, 0.1) is 5.56 Å². The fraction of sp³-hybridized carbons (Fsp3) is 0.188. The Balaban J connectivity index is 2.49. The molecule has 0 amide bonds. The maximum absolute atomic E-state index is 11.3. The number of nitrogens with one attached hydrogen (secondary N) is 1. The van der Waals surface area contributed by atoms with Crippen molar-refractivity contribution in [2.45, 2.75) is 12.1 Å². The van der Waals surface area contributed by atoms with Crippen LogP contribution < -0.4 is 5.32 Å². The van der Waals surface area contributed by atoms with Gasteiger partial charge in [-0.25, -0.2) is 9.97 Å². The molecule has 0 aliphatic heterocycles. The molecule has 0 saturated carbocycles. The van der Waals surface area contributed by atoms with Crippen LogP contribution in [0.4, 0.5) is 5.82 Å². The summed E-state index contributed by atoms with van der Waals surface area (Å²) in [6.45, 7) is 2.63. The van der Waals surface area contributed by atoms with Gasteiger partial charge in [-0.1, -0.05) is 35.9 Å². The van der Waals surface area contributed by atoms with Crippen LogP contribution in [0.15, 0.2) is 35.5 Å². The smallest absolute Gasteiger partial charge is 0.190 e. The molecular formula is C16H15N3OS. The number of carbonyl (C=O) groups is 1. The Morgan fingerprint density at radius 1 is 1.24 bits per heavy atom. The molecule has 2 aromatic rings. The lowest BCUT2D eigenvalue weighted by Gasteiger charge is -2.08. The van der Waals surface area contributed by atoms with E-state index in [0.29, 0.717) is 28.8 Å². The van der Waals surface area contributed by atoms with E-state index >= 15 is 0 Å². The molecule has 1 aromatic carbocycles. The van der Waals surface area contributed by atoms with Gasteiger partial charge in [-0.15, -0.1) is 0 Å². The van der Waals surface area contributed by atoms with Crippen LogP contribution in [0.1, 0.15) is 28.5 Å². The molecule has 0 saturated heterocycles. The molecule has 0 radical (unpaired) electrons. The third kappa shape index (κ3) is 3.83. The number of anilines is 1. The van der Waals surface area contributed by atoms with Crippen molar-refractivity contribution in [3.63, 3.8) is 0 Å². The second kappa shape index (κ2) is 7.46. The normalized spacial score (nSPS) is 9.62. The van der Waals surface area contributed by atoms with Crippen LogP contribution in [0.3, 0.4) is 0 Å². The van der Waals surface area contributed by atoms with E-state index in [2.05, 4.69) is 27.1 Å². The first-order valence-electron chi connectivity index (χ1n) is 6.50. The van der Waals surface area contributed by atoms with Gasteiger partial charge in [0.15, 0.2) is 11.4 Å². The summed E-state index contributed by atoms with van der Waals surface area (Å²) >= 11 is 1.42. The van der Waals surface area contributed by atoms with Crippen LogP contribution in [0.2, 0.25) is 0 Å². The zero-order valence-electron chi connectivity index (χ0n) is 11.9. The molecule has 0 atom stereocenters. The molecule has 21 heavy (non-hydrogen) atoms. The Morgan fingerprint density at radius 2 is 2.00 bits per heavy atom. The van der Waals surface area contributed by atoms with Gasteiger partial charge in [0.25, 0.3) is 0 Å². The first kappa shape index (κ1) is 15.1. The number of rotatable bonds is 4. The second-order valence-electron chi connectivity index (χ2n) is 4.09. The topological polar surface area (TPSA) is 54.9 Å². The van der Waals surface area contributed by atoms with E-state index in [4.69, 9.17) is 0 Å². The molecule has 0 unspecified atom stereocenters. The number of hydrogen-bond donors (Lipinski definition) is 1. The zero-order valence-corrected chi connectivity index (χ0v) is 12.7. The summed E-state index contributed by atoms with van der Waals surface area (Å²) in [5.74, 6) is 6.52. The molecule has 106 valence electrons. The van der Waals surface area contributed by atoms with Gasteiger partial charge in [0.1, 0.15) is 11.5 Å². The van der Waals surface area contributed by atoms with Crippen molar-refractivity contribution < 1.29 is 4.79 Å². The van der Waals surface area contributed by atoms with Crippen molar-refractivity contribution >= 4 is 23.9 Å². The summed E-state index contributed by atoms with van der Waals surface area (Å²) in [6, 6.07) is 9.59. The molecular weight excluding hydrogens is 282 g/mol. The van der Waals surface area contributed by atoms with Gasteiger partial charge in [0, 0.05) is 12.1 Å². The van der Waals surface area contributed by atoms with Crippen molar-refractivity contribution in [1.82, 2.24) is 9.97 Å². The minimum atomic E-state index is 0.401. The average Bonchev–Trinajstić information content (AvgIpc) is 2.53. The minimum absolute atomic E-state index is 0.401. The lowest BCUT2D eigenvalue weighted by atomic mass is 10.2. The number of nitrogens with zero attached hydrogens (tertiary/aromatic N) is 2. The summed E-state index contributed by atoms with van der Waals surface area (Å²) in [7, 11) is 0. The molecule has 4 nitrogen and oxygen atoms in total. The standard InChI is InChI=1S/C16H15N3OS/c1-3-17-15-13(11-20)14(18-16(19-15)21-2)10-9-12-7-5-4-6-8-12/h4-8,11H,3H2,1-2H3,(H,17,18,19). The van der Waals surface area contributed by atoms with Crippen LogP contribution in [0, 0.1) is 11.8 Å². The summed E-state index contributed by atoms with van der Waals surface area (Å²) in [4.78, 5) is 20.0. The fourth-order valence-electron chi connectivity index (χ4n) is 1.70. The van der Waals surface area contributed by atoms with Crippen LogP contribution >= 0.6 is 11.8 Å². The number of hydrogen-bond acceptors (Lipinski definition) is 5. The highest BCUT2D eigenvalue weighted by molar-refractivity contribution is 7.98. The molecule has 1 heterocycles. The van der Waals surface area contributed by atoms with Crippen LogP contribution in [0.25, 0.3) is 0 Å². The van der Waals surface area contributed by atoms with Gasteiger partial charge in [-0.05, 0) is 31.2 Å². The Morgan fingerprint density at radius 3 is 2.62 bits per heavy atom. The molecule has 0 aliphatic carbocycles. The van der Waals surface area contributed by atoms with Gasteiger partial charge < -0.3 is 5.32 Å². The molecule has 1 aromatic heterocycles. The highest BCUT2D eigenvalue weighted by Crippen LogP contribution is 2.18. The monoisotopic (exact) mass is 297 g/mol. The second-order valence-corrected chi connectivity index (χ2v) is 4.86. The Labute approximate surface area is 128 Å². The predicted molar refractivity (Wildman–Crippen MR) is 85.8 cm³/mol. The minimum Gasteiger partial charge on any atom is -0.370 e. The van der Waals surface area contributed by atoms with Crippen molar-refractivity contribution in [2.24, 2.45) is 0 Å². The molecule has 0 bridgehead atoms. The van der Waals surface area contributed by atoms with Gasteiger partial charge >= 0.3 is 0 Å². The third-order valence-corrected chi connectivity index (χ3v) is 3.22. The highest BCUT2D eigenvalue weighted by Gasteiger charge is 2.11. The molecule has 1 N–H and O–H groups in total. The fourth-order valence-corrected chi connectivity index (χ4v) is 2.07. The van der Waals surface area contributed by atoms with E-state index in [9.17, 15) is 4.79 Å². The van der Waals surface area contributed by atoms with Crippen molar-refractivity contribution in [2.75, 3.05) is 18.1 Å². The van der Waals surface area contributed by atoms with Crippen LogP contribution in [-0.2, 0) is 0 Å². The van der Waals surface area contributed by atoms with Gasteiger partial charge in [0.2, 0.25) is 0 Å². The predicted octanol–water partition coefficient (Wildman–Crippen LogP) is 2.84. The van der Waals surface area contributed by atoms with Crippen LogP contribution in [-0.4, -0.2) is 29.1 Å². The summed E-state index contributed by atoms with van der Waals surface area (Å²) in [5.41, 5.74) is 1.73. The molecule has 5 heteroatoms. The Kier molecular flexibility index (Phi) is 5.35. The quantitative estimate of drug-likeness (QED) is 0.407. The maximum Gasteiger partial charge on any atom is 0.190 e. The number of benzene rings is 1. The number of aldehydes is 1. The van der Waals surface area contributed by atoms with E-state index in [1.165, 1.54) is 11.8 Å². The summed E-state index contributed by atoms with van der Waals surface area (Å²) in [5, 5.41) is 3.67. The highest BCUT2D eigenvalue weighted by atomic mass is 32.2. The van der Waals surface area contributed by atoms with E-state index in [-0.39, 0.29) is 0 Å². The van der Waals surface area contributed by atoms with Crippen molar-refractivity contribution in [3.8, 4) is 11.8 Å². The first-order valence-corrected chi connectivity index (χ1v) is 7.73. The molecule has 0 aliphatic rings. The lowest BCUT2D eigenvalue weighted by Crippen LogP contribution is -2.08. The molecule has 2 rings (SSSR count). The van der Waals surface area contributed by atoms with E-state index in [0.717, 1.165) is 11.8 Å². The number of aromatic nitrogens is 2. The molecule has 0 spiro atoms. The van der Waals surface area contributed by atoms with E-state index < -0.39 is 0 Å². The zero-order chi connectivity index (χ0) is 15.1. The van der Waals surface area contributed by atoms with Gasteiger partial charge in [-0.3, -0.25) is 4.79 Å². The largest absolute Gasteiger partial charge is 0.370 e. The maximum atomic E-state index is 11.3. The summed E-state index contributed by atoms with van der Waals surface area (Å²) < 4.78 is 0. The van der Waals surface area contributed by atoms with Crippen LogP contribution in [0.5, 0.6) is 0 Å². The number of carbonyl (C=O) groups excluding carboxylic acids is 1. The third-order valence-electron chi connectivity index (χ3n) is 2.67. The average molecular weight is 297 g/mol. The van der Waals surface area contributed by atoms with E-state index in [1.807, 2.05) is 43.5 Å². The van der Waals surface area contributed by atoms with E-state index in [1.54, 1.807) is 0 Å². The Bertz CT molecular complexity index is 690.